The molecule has 0 radical (unpaired) electrons. The Balaban J connectivity index is 1.67. The molecule has 4 aromatic rings. The molecule has 1 atom stereocenters. The first kappa shape index (κ1) is 19.4. The van der Waals surface area contributed by atoms with Gasteiger partial charge in [-0.1, -0.05) is 46.7 Å². The lowest BCUT2D eigenvalue weighted by Gasteiger charge is -2.25. The molecule has 0 saturated heterocycles. The molecule has 0 saturated carbocycles. The summed E-state index contributed by atoms with van der Waals surface area (Å²) in [6.45, 7) is 1.93. The molecule has 9 heteroatoms. The quantitative estimate of drug-likeness (QED) is 0.434. The van der Waals surface area contributed by atoms with Crippen molar-refractivity contribution in [3.63, 3.8) is 0 Å². The van der Waals surface area contributed by atoms with E-state index in [0.717, 1.165) is 32.8 Å². The molecule has 2 aromatic carbocycles. The number of methoxy groups -OCH3 is 1. The minimum Gasteiger partial charge on any atom is -0.497 e. The fourth-order valence-electron chi connectivity index (χ4n) is 3.85. The first-order valence-corrected chi connectivity index (χ1v) is 10.8. The number of nitrogens with zero attached hydrogens (tertiary/aromatic N) is 3. The Morgan fingerprint density at radius 1 is 1.27 bits per heavy atom. The zero-order chi connectivity index (χ0) is 21.0. The molecule has 3 heterocycles. The molecule has 30 heavy (non-hydrogen) atoms. The van der Waals surface area contributed by atoms with Gasteiger partial charge in [0.05, 0.1) is 33.1 Å². The van der Waals surface area contributed by atoms with Crippen LogP contribution in [0.25, 0.3) is 15.3 Å². The lowest BCUT2D eigenvalue weighted by atomic mass is 9.86. The van der Waals surface area contributed by atoms with Crippen molar-refractivity contribution in [2.45, 2.75) is 19.3 Å². The van der Waals surface area contributed by atoms with Crippen LogP contribution in [0.3, 0.4) is 0 Å². The monoisotopic (exact) mass is 458 g/mol. The van der Waals surface area contributed by atoms with Gasteiger partial charge in [-0.2, -0.15) is 9.78 Å². The van der Waals surface area contributed by atoms with Crippen LogP contribution >= 0.6 is 34.5 Å². The average molecular weight is 459 g/mol. The van der Waals surface area contributed by atoms with E-state index in [0.29, 0.717) is 21.0 Å². The Hall–Kier alpha value is -2.61. The minimum atomic E-state index is -0.233. The van der Waals surface area contributed by atoms with Gasteiger partial charge in [0.1, 0.15) is 11.6 Å². The SMILES string of the molecule is COc1ccc2nc(-n3nc(C)c4c3NC(=O)C[C@H]4c3cccc(Cl)c3Cl)sc2c1. The Morgan fingerprint density at radius 3 is 2.90 bits per heavy atom. The molecule has 0 spiro atoms. The Kier molecular flexibility index (Phi) is 4.69. The minimum absolute atomic E-state index is 0.104. The van der Waals surface area contributed by atoms with Crippen molar-refractivity contribution in [3.8, 4) is 10.9 Å². The second kappa shape index (κ2) is 7.27. The zero-order valence-corrected chi connectivity index (χ0v) is 18.4. The molecule has 1 aliphatic heterocycles. The highest BCUT2D eigenvalue weighted by atomic mass is 35.5. The summed E-state index contributed by atoms with van der Waals surface area (Å²) in [5, 5.41) is 9.28. The fourth-order valence-corrected chi connectivity index (χ4v) is 5.24. The fraction of sp³-hybridized carbons (Fsp3) is 0.190. The van der Waals surface area contributed by atoms with Gasteiger partial charge in [-0.3, -0.25) is 4.79 Å². The number of amides is 1. The lowest BCUT2D eigenvalue weighted by Crippen LogP contribution is -2.25. The molecule has 1 amide bonds. The molecular weight excluding hydrogens is 443 g/mol. The third kappa shape index (κ3) is 3.05. The van der Waals surface area contributed by atoms with Crippen LogP contribution < -0.4 is 10.1 Å². The van der Waals surface area contributed by atoms with Crippen LogP contribution in [0.4, 0.5) is 5.82 Å². The number of carbonyl (C=O) groups excluding carboxylic acids is 1. The van der Waals surface area contributed by atoms with Gasteiger partial charge in [0, 0.05) is 17.9 Å². The highest BCUT2D eigenvalue weighted by molar-refractivity contribution is 7.20. The standard InChI is InChI=1S/C21H16Cl2N4O2S/c1-10-18-13(12-4-3-5-14(22)19(12)23)9-17(28)25-20(18)27(26-10)21-24-15-7-6-11(29-2)8-16(15)30-21/h3-8,13H,9H2,1-2H3,(H,25,28)/t13-/m0/s1. The number of anilines is 1. The molecule has 2 aromatic heterocycles. The second-order valence-electron chi connectivity index (χ2n) is 7.04. The van der Waals surface area contributed by atoms with Gasteiger partial charge in [0.25, 0.3) is 0 Å². The number of halogens is 2. The average Bonchev–Trinajstić information content (AvgIpc) is 3.29. The normalized spacial score (nSPS) is 15.9. The van der Waals surface area contributed by atoms with E-state index in [1.807, 2.05) is 37.3 Å². The summed E-state index contributed by atoms with van der Waals surface area (Å²) < 4.78 is 7.98. The first-order chi connectivity index (χ1) is 14.5. The van der Waals surface area contributed by atoms with E-state index in [9.17, 15) is 4.79 Å². The predicted molar refractivity (Wildman–Crippen MR) is 120 cm³/mol. The zero-order valence-electron chi connectivity index (χ0n) is 16.1. The number of aromatic nitrogens is 3. The topological polar surface area (TPSA) is 69.0 Å². The summed E-state index contributed by atoms with van der Waals surface area (Å²) in [7, 11) is 1.63. The number of benzene rings is 2. The van der Waals surface area contributed by atoms with Gasteiger partial charge in [-0.05, 0) is 36.8 Å². The van der Waals surface area contributed by atoms with E-state index in [-0.39, 0.29) is 18.2 Å². The largest absolute Gasteiger partial charge is 0.497 e. The van der Waals surface area contributed by atoms with Crippen molar-refractivity contribution in [1.82, 2.24) is 14.8 Å². The third-order valence-corrected chi connectivity index (χ3v) is 7.05. The summed E-state index contributed by atoms with van der Waals surface area (Å²) in [6, 6.07) is 11.2. The lowest BCUT2D eigenvalue weighted by molar-refractivity contribution is -0.116. The van der Waals surface area contributed by atoms with E-state index in [4.69, 9.17) is 38.0 Å². The van der Waals surface area contributed by atoms with Gasteiger partial charge in [0.15, 0.2) is 0 Å². The van der Waals surface area contributed by atoms with Crippen LogP contribution in [-0.4, -0.2) is 27.8 Å². The summed E-state index contributed by atoms with van der Waals surface area (Å²) >= 11 is 14.2. The summed E-state index contributed by atoms with van der Waals surface area (Å²) in [4.78, 5) is 17.3. The smallest absolute Gasteiger partial charge is 0.226 e. The molecule has 1 N–H and O–H groups in total. The van der Waals surface area contributed by atoms with Crippen LogP contribution in [0.15, 0.2) is 36.4 Å². The molecule has 6 nitrogen and oxygen atoms in total. The molecule has 152 valence electrons. The van der Waals surface area contributed by atoms with E-state index >= 15 is 0 Å². The number of rotatable bonds is 3. The van der Waals surface area contributed by atoms with Crippen molar-refractivity contribution >= 4 is 56.5 Å². The number of nitrogens with one attached hydrogen (secondary N) is 1. The number of thiazole rings is 1. The van der Waals surface area contributed by atoms with E-state index in [2.05, 4.69) is 5.32 Å². The van der Waals surface area contributed by atoms with Crippen LogP contribution in [0, 0.1) is 6.92 Å². The van der Waals surface area contributed by atoms with Crippen LogP contribution in [0.1, 0.15) is 29.2 Å². The molecule has 0 fully saturated rings. The second-order valence-corrected chi connectivity index (χ2v) is 8.83. The highest BCUT2D eigenvalue weighted by Gasteiger charge is 2.34. The Morgan fingerprint density at radius 2 is 2.10 bits per heavy atom. The molecule has 0 unspecified atom stereocenters. The van der Waals surface area contributed by atoms with Crippen LogP contribution in [-0.2, 0) is 4.79 Å². The highest BCUT2D eigenvalue weighted by Crippen LogP contribution is 2.44. The van der Waals surface area contributed by atoms with Crippen molar-refractivity contribution in [3.05, 3.63) is 63.3 Å². The maximum Gasteiger partial charge on any atom is 0.226 e. The number of ether oxygens (including phenoxy) is 1. The van der Waals surface area contributed by atoms with Gasteiger partial charge in [0.2, 0.25) is 11.0 Å². The first-order valence-electron chi connectivity index (χ1n) is 9.24. The Labute approximate surface area is 186 Å². The molecule has 5 rings (SSSR count). The van der Waals surface area contributed by atoms with Crippen LogP contribution in [0.5, 0.6) is 5.75 Å². The summed E-state index contributed by atoms with van der Waals surface area (Å²) in [5.41, 5.74) is 3.39. The molecular formula is C21H16Cl2N4O2S. The van der Waals surface area contributed by atoms with Gasteiger partial charge in [-0.25, -0.2) is 4.98 Å². The number of aryl methyl sites for hydroxylation is 1. The number of carbonyl (C=O) groups is 1. The van der Waals surface area contributed by atoms with Crippen LogP contribution in [0.2, 0.25) is 10.0 Å². The molecule has 0 bridgehead atoms. The number of fused-ring (bicyclic) bond motifs is 2. The maximum absolute atomic E-state index is 12.6. The predicted octanol–water partition coefficient (Wildman–Crippen LogP) is 5.58. The molecule has 0 aliphatic carbocycles. The van der Waals surface area contributed by atoms with E-state index in [1.54, 1.807) is 17.9 Å². The van der Waals surface area contributed by atoms with Crippen molar-refractivity contribution < 1.29 is 9.53 Å². The van der Waals surface area contributed by atoms with Gasteiger partial charge in [-0.15, -0.1) is 0 Å². The molecule has 1 aliphatic rings. The van der Waals surface area contributed by atoms with Crippen molar-refractivity contribution in [2.75, 3.05) is 12.4 Å². The van der Waals surface area contributed by atoms with Crippen molar-refractivity contribution in [2.24, 2.45) is 0 Å². The summed E-state index contributed by atoms with van der Waals surface area (Å²) in [5.74, 6) is 1.05. The van der Waals surface area contributed by atoms with E-state index in [1.165, 1.54) is 11.3 Å². The van der Waals surface area contributed by atoms with Gasteiger partial charge >= 0.3 is 0 Å². The van der Waals surface area contributed by atoms with Crippen molar-refractivity contribution in [1.29, 1.82) is 0 Å². The summed E-state index contributed by atoms with van der Waals surface area (Å²) in [6.07, 6.45) is 0.274. The van der Waals surface area contributed by atoms with Gasteiger partial charge < -0.3 is 10.1 Å². The maximum atomic E-state index is 12.6. The Bertz CT molecular complexity index is 1310. The number of hydrogen-bond acceptors (Lipinski definition) is 5. The third-order valence-electron chi connectivity index (χ3n) is 5.22. The number of hydrogen-bond donors (Lipinski definition) is 1. The van der Waals surface area contributed by atoms with E-state index < -0.39 is 0 Å².